The molecule has 0 spiro atoms. The maximum atomic E-state index is 14.7. The molecule has 2 aromatic rings. The largest absolute Gasteiger partial charge is 0.490 e. The van der Waals surface area contributed by atoms with Gasteiger partial charge in [-0.1, -0.05) is 58.1 Å². The molecule has 4 atom stereocenters. The number of esters is 1. The Morgan fingerprint density at radius 2 is 1.60 bits per heavy atom. The summed E-state index contributed by atoms with van der Waals surface area (Å²) in [6, 6.07) is 9.63. The van der Waals surface area contributed by atoms with E-state index < -0.39 is 11.6 Å². The van der Waals surface area contributed by atoms with Gasteiger partial charge in [-0.15, -0.1) is 0 Å². The molecule has 5 heteroatoms. The van der Waals surface area contributed by atoms with Gasteiger partial charge in [0.25, 0.3) is 0 Å². The van der Waals surface area contributed by atoms with E-state index in [1.165, 1.54) is 44.2 Å². The van der Waals surface area contributed by atoms with E-state index in [0.717, 1.165) is 38.0 Å². The van der Waals surface area contributed by atoms with Crippen LogP contribution in [0.1, 0.15) is 78.1 Å². The van der Waals surface area contributed by atoms with Gasteiger partial charge in [0.15, 0.2) is 11.6 Å². The van der Waals surface area contributed by atoms with Gasteiger partial charge in [-0.25, -0.2) is 4.39 Å². The van der Waals surface area contributed by atoms with Crippen LogP contribution in [0.5, 0.6) is 11.5 Å². The van der Waals surface area contributed by atoms with Gasteiger partial charge in [0.05, 0.1) is 12.5 Å². The number of benzene rings is 2. The smallest absolute Gasteiger partial charge is 0.314 e. The first kappa shape index (κ1) is 25.7. The molecule has 190 valence electrons. The van der Waals surface area contributed by atoms with Gasteiger partial charge in [0.2, 0.25) is 5.82 Å². The van der Waals surface area contributed by atoms with Crippen molar-refractivity contribution in [3.8, 4) is 22.6 Å². The number of fused-ring (bicyclic) bond motifs is 1. The third kappa shape index (κ3) is 5.87. The van der Waals surface area contributed by atoms with Gasteiger partial charge in [-0.2, -0.15) is 4.39 Å². The third-order valence-electron chi connectivity index (χ3n) is 8.02. The summed E-state index contributed by atoms with van der Waals surface area (Å²) in [5.74, 6) is 0.169. The molecule has 4 unspecified atom stereocenters. The number of unbranched alkanes of at least 4 members (excludes halogenated alkanes) is 3. The highest BCUT2D eigenvalue weighted by Gasteiger charge is 2.47. The van der Waals surface area contributed by atoms with Crippen LogP contribution in [-0.4, -0.2) is 12.6 Å². The van der Waals surface area contributed by atoms with E-state index in [0.29, 0.717) is 29.8 Å². The molecular weight excluding hydrogens is 446 g/mol. The van der Waals surface area contributed by atoms with E-state index in [2.05, 4.69) is 6.92 Å². The minimum Gasteiger partial charge on any atom is -0.490 e. The number of carbonyl (C=O) groups excluding carboxylic acids is 1. The molecular formula is C30H38F2O3. The van der Waals surface area contributed by atoms with Crippen LogP contribution in [0.15, 0.2) is 36.4 Å². The molecule has 0 heterocycles. The molecule has 2 aliphatic rings. The average molecular weight is 485 g/mol. The van der Waals surface area contributed by atoms with Gasteiger partial charge >= 0.3 is 5.97 Å². The van der Waals surface area contributed by atoms with Crippen molar-refractivity contribution in [2.75, 3.05) is 6.61 Å². The summed E-state index contributed by atoms with van der Waals surface area (Å²) in [6.07, 6.45) is 11.2. The second-order valence-electron chi connectivity index (χ2n) is 10.2. The van der Waals surface area contributed by atoms with Crippen molar-refractivity contribution in [1.29, 1.82) is 0 Å². The number of hydrogen-bond donors (Lipinski definition) is 0. The Bertz CT molecular complexity index is 988. The van der Waals surface area contributed by atoms with Crippen molar-refractivity contribution in [2.24, 2.45) is 23.7 Å². The zero-order valence-corrected chi connectivity index (χ0v) is 21.0. The van der Waals surface area contributed by atoms with Gasteiger partial charge in [-0.05, 0) is 79.7 Å². The Kier molecular flexibility index (Phi) is 8.80. The molecule has 0 aromatic heterocycles. The topological polar surface area (TPSA) is 35.5 Å². The molecule has 0 amide bonds. The van der Waals surface area contributed by atoms with E-state index in [4.69, 9.17) is 9.47 Å². The normalized spacial score (nSPS) is 23.3. The van der Waals surface area contributed by atoms with Crippen LogP contribution in [0, 0.1) is 35.3 Å². The molecule has 0 bridgehead atoms. The Morgan fingerprint density at radius 1 is 0.857 bits per heavy atom. The predicted octanol–water partition coefficient (Wildman–Crippen LogP) is 8.35. The highest BCUT2D eigenvalue weighted by atomic mass is 19.2. The Labute approximate surface area is 208 Å². The molecule has 2 saturated carbocycles. The molecule has 2 aromatic carbocycles. The van der Waals surface area contributed by atoms with Gasteiger partial charge in [0.1, 0.15) is 5.75 Å². The van der Waals surface area contributed by atoms with E-state index in [9.17, 15) is 13.6 Å². The van der Waals surface area contributed by atoms with E-state index in [1.807, 2.05) is 6.92 Å². The Balaban J connectivity index is 1.36. The summed E-state index contributed by atoms with van der Waals surface area (Å²) in [4.78, 5) is 13.0. The van der Waals surface area contributed by atoms with Crippen LogP contribution in [0.2, 0.25) is 0 Å². The van der Waals surface area contributed by atoms with Gasteiger partial charge in [-0.3, -0.25) is 4.79 Å². The summed E-state index contributed by atoms with van der Waals surface area (Å²) in [6.45, 7) is 4.60. The zero-order valence-electron chi connectivity index (χ0n) is 21.0. The summed E-state index contributed by atoms with van der Waals surface area (Å²) in [5, 5.41) is 0. The number of hydrogen-bond acceptors (Lipinski definition) is 3. The molecule has 2 fully saturated rings. The van der Waals surface area contributed by atoms with Crippen LogP contribution in [0.25, 0.3) is 11.1 Å². The molecule has 3 nitrogen and oxygen atoms in total. The monoisotopic (exact) mass is 484 g/mol. The Morgan fingerprint density at radius 3 is 2.34 bits per heavy atom. The van der Waals surface area contributed by atoms with Crippen molar-refractivity contribution >= 4 is 5.97 Å². The molecule has 0 radical (unpaired) electrons. The molecule has 0 N–H and O–H groups in total. The standard InChI is InChI=1S/C30H38F2O3/c1-3-5-7-8-20-11-14-25-23(20)15-16-26(25)30(33)35-22-12-9-21(10-13-22)24-17-18-27(29(32)28(24)31)34-19-6-4-2/h9-10,12-13,17-18,20,23,25-26H,3-8,11,14-16,19H2,1-2H3. The van der Waals surface area contributed by atoms with E-state index >= 15 is 0 Å². The first-order valence-corrected chi connectivity index (χ1v) is 13.5. The number of rotatable bonds is 11. The predicted molar refractivity (Wildman–Crippen MR) is 134 cm³/mol. The lowest BCUT2D eigenvalue weighted by Crippen LogP contribution is -2.25. The average Bonchev–Trinajstić information content (AvgIpc) is 3.46. The fourth-order valence-electron chi connectivity index (χ4n) is 6.11. The maximum absolute atomic E-state index is 14.7. The summed E-state index contributed by atoms with van der Waals surface area (Å²) in [7, 11) is 0. The lowest BCUT2D eigenvalue weighted by Gasteiger charge is -2.20. The number of halogens is 2. The van der Waals surface area contributed by atoms with Crippen LogP contribution < -0.4 is 9.47 Å². The van der Waals surface area contributed by atoms with Crippen molar-refractivity contribution in [3.05, 3.63) is 48.0 Å². The van der Waals surface area contributed by atoms with E-state index in [-0.39, 0.29) is 23.2 Å². The van der Waals surface area contributed by atoms with Crippen molar-refractivity contribution in [3.63, 3.8) is 0 Å². The molecule has 4 rings (SSSR count). The molecule has 2 aliphatic carbocycles. The number of ether oxygens (including phenoxy) is 2. The van der Waals surface area contributed by atoms with Crippen molar-refractivity contribution in [1.82, 2.24) is 0 Å². The quantitative estimate of drug-likeness (QED) is 0.183. The summed E-state index contributed by atoms with van der Waals surface area (Å²) < 4.78 is 40.2. The SMILES string of the molecule is CCCCCC1CCC2C(C(=O)Oc3ccc(-c4ccc(OCCCC)c(F)c4F)cc3)CCC12. The molecule has 0 saturated heterocycles. The molecule has 0 aliphatic heterocycles. The number of carbonyl (C=O) groups is 1. The van der Waals surface area contributed by atoms with Crippen molar-refractivity contribution < 1.29 is 23.0 Å². The fraction of sp³-hybridized carbons (Fsp3) is 0.567. The lowest BCUT2D eigenvalue weighted by molar-refractivity contribution is -0.140. The minimum absolute atomic E-state index is 0.0253. The first-order chi connectivity index (χ1) is 17.0. The summed E-state index contributed by atoms with van der Waals surface area (Å²) >= 11 is 0. The van der Waals surface area contributed by atoms with Crippen LogP contribution in [0.4, 0.5) is 8.78 Å². The van der Waals surface area contributed by atoms with Gasteiger partial charge in [0, 0.05) is 5.56 Å². The van der Waals surface area contributed by atoms with E-state index in [1.54, 1.807) is 24.3 Å². The Hall–Kier alpha value is -2.43. The highest BCUT2D eigenvalue weighted by molar-refractivity contribution is 5.76. The molecule has 35 heavy (non-hydrogen) atoms. The summed E-state index contributed by atoms with van der Waals surface area (Å²) in [5.41, 5.74) is 0.676. The third-order valence-corrected chi connectivity index (χ3v) is 8.02. The van der Waals surface area contributed by atoms with Crippen LogP contribution >= 0.6 is 0 Å². The van der Waals surface area contributed by atoms with Crippen LogP contribution in [0.3, 0.4) is 0 Å². The van der Waals surface area contributed by atoms with Crippen molar-refractivity contribution in [2.45, 2.75) is 78.1 Å². The van der Waals surface area contributed by atoms with Crippen LogP contribution in [-0.2, 0) is 4.79 Å². The zero-order chi connectivity index (χ0) is 24.8. The second kappa shape index (κ2) is 12.0. The van der Waals surface area contributed by atoms with Gasteiger partial charge < -0.3 is 9.47 Å². The minimum atomic E-state index is -0.977. The lowest BCUT2D eigenvalue weighted by atomic mass is 9.86. The first-order valence-electron chi connectivity index (χ1n) is 13.5. The highest BCUT2D eigenvalue weighted by Crippen LogP contribution is 2.52. The fourth-order valence-corrected chi connectivity index (χ4v) is 6.11. The second-order valence-corrected chi connectivity index (χ2v) is 10.2. The maximum Gasteiger partial charge on any atom is 0.314 e.